The Morgan fingerprint density at radius 1 is 1.08 bits per heavy atom. The highest BCUT2D eigenvalue weighted by atomic mass is 35.5. The fourth-order valence-corrected chi connectivity index (χ4v) is 5.86. The number of aromatic nitrogens is 2. The molecule has 0 unspecified atom stereocenters. The highest BCUT2D eigenvalue weighted by Gasteiger charge is 2.28. The van der Waals surface area contributed by atoms with Crippen LogP contribution in [0.25, 0.3) is 0 Å². The van der Waals surface area contributed by atoms with Crippen LogP contribution in [0.3, 0.4) is 0 Å². The summed E-state index contributed by atoms with van der Waals surface area (Å²) in [5, 5.41) is 12.6. The predicted molar refractivity (Wildman–Crippen MR) is 152 cm³/mol. The first kappa shape index (κ1) is 27.4. The molecule has 3 heterocycles. The molecule has 2 aliphatic rings. The summed E-state index contributed by atoms with van der Waals surface area (Å²) in [6.45, 7) is 5.79. The molecule has 3 aromatic rings. The lowest BCUT2D eigenvalue weighted by molar-refractivity contribution is 0.0664. The van der Waals surface area contributed by atoms with Crippen molar-refractivity contribution in [3.05, 3.63) is 69.1 Å². The number of hydrogen-bond acceptors (Lipinski definition) is 7. The van der Waals surface area contributed by atoms with Gasteiger partial charge in [0.05, 0.1) is 35.2 Å². The van der Waals surface area contributed by atoms with Gasteiger partial charge in [0.15, 0.2) is 5.82 Å². The molecular formula is C28H31Cl2FN6O2. The van der Waals surface area contributed by atoms with Crippen LogP contribution in [0.15, 0.2) is 36.4 Å². The number of aryl methyl sites for hydroxylation is 1. The molecule has 2 aliphatic heterocycles. The quantitative estimate of drug-likeness (QED) is 0.387. The number of amides is 1. The van der Waals surface area contributed by atoms with Gasteiger partial charge in [0.1, 0.15) is 11.6 Å². The van der Waals surface area contributed by atoms with E-state index in [1.165, 1.54) is 12.1 Å². The van der Waals surface area contributed by atoms with Crippen LogP contribution < -0.4 is 15.0 Å². The lowest BCUT2D eigenvalue weighted by atomic mass is 10.0. The number of rotatable bonds is 6. The molecule has 1 N–H and O–H groups in total. The number of likely N-dealkylation sites (N-methyl/N-ethyl adjacent to an activating group) is 1. The van der Waals surface area contributed by atoms with Crippen LogP contribution in [0.2, 0.25) is 10.0 Å². The van der Waals surface area contributed by atoms with E-state index >= 15 is 0 Å². The highest BCUT2D eigenvalue weighted by Crippen LogP contribution is 2.40. The van der Waals surface area contributed by atoms with Gasteiger partial charge in [-0.25, -0.2) is 4.39 Å². The number of nitrogens with zero attached hydrogens (tertiary/aromatic N) is 5. The van der Waals surface area contributed by atoms with E-state index in [1.807, 2.05) is 24.0 Å². The second kappa shape index (κ2) is 11.5. The first-order valence-corrected chi connectivity index (χ1v) is 13.7. The second-order valence-corrected chi connectivity index (χ2v) is 10.7. The molecule has 8 nitrogen and oxygen atoms in total. The van der Waals surface area contributed by atoms with E-state index in [2.05, 4.69) is 32.4 Å². The van der Waals surface area contributed by atoms with Crippen molar-refractivity contribution in [2.45, 2.75) is 25.8 Å². The molecule has 1 saturated heterocycles. The van der Waals surface area contributed by atoms with Crippen LogP contribution in [0.5, 0.6) is 5.75 Å². The van der Waals surface area contributed by atoms with E-state index in [0.717, 1.165) is 43.9 Å². The predicted octanol–water partition coefficient (Wildman–Crippen LogP) is 5.58. The van der Waals surface area contributed by atoms with E-state index in [1.54, 1.807) is 19.2 Å². The molecule has 2 aromatic carbocycles. The Bertz CT molecular complexity index is 1380. The monoisotopic (exact) mass is 572 g/mol. The van der Waals surface area contributed by atoms with Crippen molar-refractivity contribution in [1.29, 1.82) is 0 Å². The molecular weight excluding hydrogens is 542 g/mol. The van der Waals surface area contributed by atoms with Crippen LogP contribution >= 0.6 is 23.2 Å². The van der Waals surface area contributed by atoms with Crippen molar-refractivity contribution in [3.63, 3.8) is 0 Å². The number of fused-ring (bicyclic) bond motifs is 1. The number of carbonyl (C=O) groups excluding carboxylic acids is 1. The van der Waals surface area contributed by atoms with Gasteiger partial charge in [-0.2, -0.15) is 5.10 Å². The van der Waals surface area contributed by atoms with E-state index in [-0.39, 0.29) is 17.0 Å². The summed E-state index contributed by atoms with van der Waals surface area (Å²) in [5.74, 6) is 0.525. The lowest BCUT2D eigenvalue weighted by Crippen LogP contribution is -2.47. The van der Waals surface area contributed by atoms with Gasteiger partial charge >= 0.3 is 0 Å². The molecule has 39 heavy (non-hydrogen) atoms. The van der Waals surface area contributed by atoms with Crippen molar-refractivity contribution < 1.29 is 13.9 Å². The number of anilines is 3. The van der Waals surface area contributed by atoms with Gasteiger partial charge < -0.3 is 24.8 Å². The highest BCUT2D eigenvalue weighted by molar-refractivity contribution is 6.36. The molecule has 1 aromatic heterocycles. The van der Waals surface area contributed by atoms with Crippen LogP contribution in [0, 0.1) is 5.82 Å². The van der Waals surface area contributed by atoms with E-state index in [9.17, 15) is 9.18 Å². The Hall–Kier alpha value is -3.14. The third kappa shape index (κ3) is 5.62. The first-order chi connectivity index (χ1) is 18.8. The van der Waals surface area contributed by atoms with Gasteiger partial charge in [0, 0.05) is 54.9 Å². The van der Waals surface area contributed by atoms with Crippen molar-refractivity contribution in [3.8, 4) is 5.75 Å². The Morgan fingerprint density at radius 2 is 1.85 bits per heavy atom. The average Bonchev–Trinajstić information content (AvgIpc) is 2.95. The molecule has 0 spiro atoms. The normalized spacial score (nSPS) is 16.6. The molecule has 11 heteroatoms. The molecule has 0 radical (unpaired) electrons. The fourth-order valence-electron chi connectivity index (χ4n) is 5.17. The maximum atomic E-state index is 14.3. The van der Waals surface area contributed by atoms with E-state index in [4.69, 9.17) is 27.9 Å². The Kier molecular flexibility index (Phi) is 8.11. The number of methoxy groups -OCH3 is 1. The first-order valence-electron chi connectivity index (χ1n) is 13.0. The van der Waals surface area contributed by atoms with Crippen molar-refractivity contribution in [2.24, 2.45) is 0 Å². The minimum absolute atomic E-state index is 0.0131. The summed E-state index contributed by atoms with van der Waals surface area (Å²) < 4.78 is 19.9. The third-order valence-corrected chi connectivity index (χ3v) is 8.15. The largest absolute Gasteiger partial charge is 0.495 e. The molecule has 0 aliphatic carbocycles. The average molecular weight is 574 g/mol. The smallest absolute Gasteiger partial charge is 0.254 e. The zero-order valence-electron chi connectivity index (χ0n) is 22.2. The number of hydrogen-bond donors (Lipinski definition) is 1. The summed E-state index contributed by atoms with van der Waals surface area (Å²) in [7, 11) is 3.62. The summed E-state index contributed by atoms with van der Waals surface area (Å²) in [6, 6.07) is 9.79. The summed E-state index contributed by atoms with van der Waals surface area (Å²) >= 11 is 12.8. The summed E-state index contributed by atoms with van der Waals surface area (Å²) in [5.41, 5.74) is 3.50. The molecule has 0 saturated carbocycles. The topological polar surface area (TPSA) is 73.8 Å². The maximum Gasteiger partial charge on any atom is 0.254 e. The number of nitrogens with one attached hydrogen (secondary N) is 1. The summed E-state index contributed by atoms with van der Waals surface area (Å²) in [4.78, 5) is 19.3. The van der Waals surface area contributed by atoms with Crippen molar-refractivity contribution in [1.82, 2.24) is 20.0 Å². The van der Waals surface area contributed by atoms with Crippen molar-refractivity contribution in [2.75, 3.05) is 57.1 Å². The van der Waals surface area contributed by atoms with Gasteiger partial charge in [-0.05, 0) is 57.1 Å². The van der Waals surface area contributed by atoms with Crippen LogP contribution in [0.4, 0.5) is 21.6 Å². The maximum absolute atomic E-state index is 14.3. The number of halogens is 3. The molecule has 206 valence electrons. The van der Waals surface area contributed by atoms with Gasteiger partial charge in [-0.15, -0.1) is 5.10 Å². The Morgan fingerprint density at radius 3 is 2.59 bits per heavy atom. The van der Waals surface area contributed by atoms with Crippen LogP contribution in [-0.2, 0) is 6.42 Å². The van der Waals surface area contributed by atoms with Gasteiger partial charge in [-0.3, -0.25) is 4.79 Å². The number of carbonyl (C=O) groups is 1. The minimum atomic E-state index is -0.503. The van der Waals surface area contributed by atoms with E-state index < -0.39 is 5.82 Å². The van der Waals surface area contributed by atoms with E-state index in [0.29, 0.717) is 46.5 Å². The van der Waals surface area contributed by atoms with Gasteiger partial charge in [0.2, 0.25) is 0 Å². The zero-order chi connectivity index (χ0) is 27.7. The number of ether oxygens (including phenoxy) is 1. The zero-order valence-corrected chi connectivity index (χ0v) is 23.7. The molecule has 1 fully saturated rings. The third-order valence-electron chi connectivity index (χ3n) is 7.44. The standard InChI is InChI=1S/C28H31Cl2FN6O2/c1-17(26-19(29)7-8-20(31)27(26)30)37-10-4-5-21-23(37)16-25(34-33-21)32-22-9-6-18(15-24(22)39-3)28(38)36-13-11-35(2)12-14-36/h6-9,15-17H,4-5,10-14H2,1-3H3,(H,32,34)/t17-/m1/s1. The number of piperazine rings is 1. The fraction of sp³-hybridized carbons (Fsp3) is 0.393. The molecule has 5 rings (SSSR count). The number of benzene rings is 2. The Balaban J connectivity index is 1.40. The molecule has 1 atom stereocenters. The summed E-state index contributed by atoms with van der Waals surface area (Å²) in [6.07, 6.45) is 1.66. The van der Waals surface area contributed by atoms with Crippen molar-refractivity contribution >= 4 is 46.3 Å². The van der Waals surface area contributed by atoms with Gasteiger partial charge in [0.25, 0.3) is 5.91 Å². The molecule has 1 amide bonds. The van der Waals surface area contributed by atoms with Crippen LogP contribution in [0.1, 0.15) is 41.0 Å². The van der Waals surface area contributed by atoms with Crippen LogP contribution in [-0.4, -0.2) is 72.8 Å². The second-order valence-electron chi connectivity index (χ2n) is 9.93. The minimum Gasteiger partial charge on any atom is -0.495 e. The van der Waals surface area contributed by atoms with Gasteiger partial charge in [-0.1, -0.05) is 23.2 Å². The molecule has 0 bridgehead atoms. The lowest BCUT2D eigenvalue weighted by Gasteiger charge is -2.36. The SMILES string of the molecule is COc1cc(C(=O)N2CCN(C)CC2)ccc1Nc1cc2c(nn1)CCCN2[C@H](C)c1c(Cl)ccc(F)c1Cl. The Labute approximate surface area is 237 Å².